The van der Waals surface area contributed by atoms with Crippen molar-refractivity contribution in [2.45, 2.75) is 18.9 Å². The van der Waals surface area contributed by atoms with Gasteiger partial charge in [-0.25, -0.2) is 0 Å². The number of nitrogens with zero attached hydrogens (tertiary/aromatic N) is 2. The molecule has 0 atom stereocenters. The molecule has 66 valence electrons. The smallest absolute Gasteiger partial charge is 0.0623 e. The molecular formula is C8H11IN2O. The molecule has 0 unspecified atom stereocenters. The summed E-state index contributed by atoms with van der Waals surface area (Å²) in [6, 6.07) is 0.558. The molecule has 1 fully saturated rings. The second kappa shape index (κ2) is 3.74. The number of halogens is 1. The van der Waals surface area contributed by atoms with Crippen molar-refractivity contribution in [2.75, 3.05) is 13.2 Å². The van der Waals surface area contributed by atoms with Gasteiger partial charge in [0.25, 0.3) is 0 Å². The van der Waals surface area contributed by atoms with Crippen molar-refractivity contribution in [1.82, 2.24) is 9.78 Å². The Hall–Kier alpha value is -0.100. The second-order valence-corrected chi connectivity index (χ2v) is 4.23. The fourth-order valence-electron chi connectivity index (χ4n) is 1.46. The van der Waals surface area contributed by atoms with Gasteiger partial charge in [-0.05, 0) is 35.4 Å². The first-order valence-electron chi connectivity index (χ1n) is 4.13. The lowest BCUT2D eigenvalue weighted by atomic mass is 10.1. The zero-order valence-electron chi connectivity index (χ0n) is 6.74. The monoisotopic (exact) mass is 278 g/mol. The minimum atomic E-state index is 0.558. The highest BCUT2D eigenvalue weighted by molar-refractivity contribution is 14.1. The molecule has 1 aliphatic heterocycles. The molecule has 12 heavy (non-hydrogen) atoms. The molecule has 0 amide bonds. The number of hydrogen-bond acceptors (Lipinski definition) is 2. The van der Waals surface area contributed by atoms with Crippen LogP contribution in [0.15, 0.2) is 12.4 Å². The van der Waals surface area contributed by atoms with Gasteiger partial charge in [0.1, 0.15) is 0 Å². The molecular weight excluding hydrogens is 267 g/mol. The third kappa shape index (κ3) is 1.80. The van der Waals surface area contributed by atoms with E-state index >= 15 is 0 Å². The van der Waals surface area contributed by atoms with Crippen molar-refractivity contribution in [3.63, 3.8) is 0 Å². The lowest BCUT2D eigenvalue weighted by molar-refractivity contribution is 0.0662. The molecule has 3 nitrogen and oxygen atoms in total. The van der Waals surface area contributed by atoms with Gasteiger partial charge in [0, 0.05) is 19.4 Å². The highest BCUT2D eigenvalue weighted by atomic mass is 127. The van der Waals surface area contributed by atoms with E-state index in [0.29, 0.717) is 6.04 Å². The van der Waals surface area contributed by atoms with Gasteiger partial charge < -0.3 is 4.74 Å². The minimum Gasteiger partial charge on any atom is -0.381 e. The molecule has 4 heteroatoms. The molecule has 1 aromatic rings. The van der Waals surface area contributed by atoms with Gasteiger partial charge in [-0.2, -0.15) is 5.10 Å². The van der Waals surface area contributed by atoms with Crippen LogP contribution in [0.1, 0.15) is 18.9 Å². The van der Waals surface area contributed by atoms with E-state index in [-0.39, 0.29) is 0 Å². The van der Waals surface area contributed by atoms with Gasteiger partial charge >= 0.3 is 0 Å². The van der Waals surface area contributed by atoms with Gasteiger partial charge in [-0.3, -0.25) is 4.68 Å². The van der Waals surface area contributed by atoms with E-state index < -0.39 is 0 Å². The summed E-state index contributed by atoms with van der Waals surface area (Å²) in [7, 11) is 0. The highest BCUT2D eigenvalue weighted by Gasteiger charge is 2.15. The van der Waals surface area contributed by atoms with Crippen LogP contribution in [0, 0.1) is 3.57 Å². The van der Waals surface area contributed by atoms with Crippen molar-refractivity contribution < 1.29 is 4.74 Å². The van der Waals surface area contributed by atoms with Crippen LogP contribution in [-0.2, 0) is 4.74 Å². The van der Waals surface area contributed by atoms with Crippen LogP contribution in [0.4, 0.5) is 0 Å². The molecule has 1 saturated heterocycles. The standard InChI is InChI=1S/C8H11IN2O/c9-7-5-10-11(6-7)8-1-3-12-4-2-8/h5-6,8H,1-4H2. The van der Waals surface area contributed by atoms with Crippen molar-refractivity contribution in [1.29, 1.82) is 0 Å². The van der Waals surface area contributed by atoms with E-state index in [0.717, 1.165) is 26.1 Å². The highest BCUT2D eigenvalue weighted by Crippen LogP contribution is 2.20. The summed E-state index contributed by atoms with van der Waals surface area (Å²) in [5.74, 6) is 0. The molecule has 2 heterocycles. The van der Waals surface area contributed by atoms with Crippen molar-refractivity contribution >= 4 is 22.6 Å². The summed E-state index contributed by atoms with van der Waals surface area (Å²) in [5, 5.41) is 4.29. The Morgan fingerprint density at radius 2 is 2.25 bits per heavy atom. The molecule has 0 aliphatic carbocycles. The summed E-state index contributed by atoms with van der Waals surface area (Å²) in [5.41, 5.74) is 0. The van der Waals surface area contributed by atoms with E-state index in [1.165, 1.54) is 3.57 Å². The summed E-state index contributed by atoms with van der Waals surface area (Å²) in [6.45, 7) is 1.75. The Kier molecular flexibility index (Phi) is 2.65. The first kappa shape index (κ1) is 8.50. The van der Waals surface area contributed by atoms with Crippen LogP contribution in [0.3, 0.4) is 0 Å². The number of hydrogen-bond donors (Lipinski definition) is 0. The van der Waals surface area contributed by atoms with Gasteiger partial charge in [0.2, 0.25) is 0 Å². The third-order valence-electron chi connectivity index (χ3n) is 2.13. The normalized spacial score (nSPS) is 19.8. The molecule has 0 spiro atoms. The van der Waals surface area contributed by atoms with Crippen LogP contribution >= 0.6 is 22.6 Å². The van der Waals surface area contributed by atoms with Gasteiger partial charge in [0.15, 0.2) is 0 Å². The van der Waals surface area contributed by atoms with Crippen LogP contribution in [-0.4, -0.2) is 23.0 Å². The lowest BCUT2D eigenvalue weighted by Gasteiger charge is -2.22. The van der Waals surface area contributed by atoms with E-state index in [1.54, 1.807) is 0 Å². The number of aromatic nitrogens is 2. The maximum Gasteiger partial charge on any atom is 0.0623 e. The summed E-state index contributed by atoms with van der Waals surface area (Å²) in [6.07, 6.45) is 6.18. The van der Waals surface area contributed by atoms with E-state index in [1.807, 2.05) is 6.20 Å². The molecule has 0 N–H and O–H groups in total. The second-order valence-electron chi connectivity index (χ2n) is 2.98. The molecule has 0 saturated carbocycles. The average Bonchev–Trinajstić information content (AvgIpc) is 2.54. The van der Waals surface area contributed by atoms with E-state index in [4.69, 9.17) is 4.74 Å². The number of rotatable bonds is 1. The molecule has 2 rings (SSSR count). The van der Waals surface area contributed by atoms with Crippen LogP contribution in [0.25, 0.3) is 0 Å². The van der Waals surface area contributed by atoms with Gasteiger partial charge in [-0.15, -0.1) is 0 Å². The van der Waals surface area contributed by atoms with E-state index in [2.05, 4.69) is 38.6 Å². The molecule has 0 aromatic carbocycles. The minimum absolute atomic E-state index is 0.558. The Labute approximate surface area is 85.2 Å². The SMILES string of the molecule is Ic1cnn(C2CCOCC2)c1. The first-order valence-corrected chi connectivity index (χ1v) is 5.21. The van der Waals surface area contributed by atoms with Gasteiger partial charge in [-0.1, -0.05) is 0 Å². The molecule has 0 radical (unpaired) electrons. The third-order valence-corrected chi connectivity index (χ3v) is 2.69. The molecule has 1 aliphatic rings. The Bertz CT molecular complexity index is 255. The summed E-state index contributed by atoms with van der Waals surface area (Å²) in [4.78, 5) is 0. The molecule has 0 bridgehead atoms. The fourth-order valence-corrected chi connectivity index (χ4v) is 1.87. The summed E-state index contributed by atoms with van der Waals surface area (Å²) >= 11 is 2.28. The van der Waals surface area contributed by atoms with Crippen LogP contribution in [0.5, 0.6) is 0 Å². The largest absolute Gasteiger partial charge is 0.381 e. The van der Waals surface area contributed by atoms with Crippen molar-refractivity contribution in [3.8, 4) is 0 Å². The average molecular weight is 278 g/mol. The quantitative estimate of drug-likeness (QED) is 0.733. The Balaban J connectivity index is 2.08. The fraction of sp³-hybridized carbons (Fsp3) is 0.625. The van der Waals surface area contributed by atoms with Crippen molar-refractivity contribution in [2.24, 2.45) is 0 Å². The van der Waals surface area contributed by atoms with Crippen molar-refractivity contribution in [3.05, 3.63) is 16.0 Å². The predicted molar refractivity (Wildman–Crippen MR) is 54.0 cm³/mol. The summed E-state index contributed by atoms with van der Waals surface area (Å²) < 4.78 is 8.55. The Morgan fingerprint density at radius 1 is 1.50 bits per heavy atom. The lowest BCUT2D eigenvalue weighted by Crippen LogP contribution is -2.19. The zero-order chi connectivity index (χ0) is 8.39. The van der Waals surface area contributed by atoms with Crippen LogP contribution in [0.2, 0.25) is 0 Å². The van der Waals surface area contributed by atoms with E-state index in [9.17, 15) is 0 Å². The Morgan fingerprint density at radius 3 is 2.83 bits per heavy atom. The topological polar surface area (TPSA) is 27.1 Å². The zero-order valence-corrected chi connectivity index (χ0v) is 8.90. The maximum atomic E-state index is 5.29. The maximum absolute atomic E-state index is 5.29. The molecule has 1 aromatic heterocycles. The predicted octanol–water partition coefficient (Wildman–Crippen LogP) is 1.84. The van der Waals surface area contributed by atoms with Gasteiger partial charge in [0.05, 0.1) is 15.8 Å². The van der Waals surface area contributed by atoms with Crippen LogP contribution < -0.4 is 0 Å². The first-order chi connectivity index (χ1) is 5.86. The number of ether oxygens (including phenoxy) is 1.